The number of unbranched alkanes of at least 4 members (excludes halogenated alkanes) is 42. The van der Waals surface area contributed by atoms with Crippen LogP contribution in [0.3, 0.4) is 0 Å². The summed E-state index contributed by atoms with van der Waals surface area (Å²) in [4.78, 5) is 72.9. The standard InChI is InChI=1S/C80H156O17P2/c1-9-73(8)59-51-43-38-39-45-53-61-78(83)91-67-76(96-79(84)62-54-46-36-30-26-22-18-14-16-20-24-28-33-41-49-57-71(4)5)69-95-99(88,89)93-65-74(81)64-92-98(86,87)94-68-75(97-80(85)63-55-47-37-31-34-42-50-58-72(6)7)66-90-77(82)60-52-44-35-29-25-21-17-13-11-10-12-15-19-23-27-32-40-48-56-70(2)3/h70-76,81H,9-69H2,1-8H3,(H,86,87)(H,88,89)/t73?,74-,75-,76-/m1/s1. The van der Waals surface area contributed by atoms with Gasteiger partial charge in [0, 0.05) is 25.7 Å². The molecule has 0 saturated carbocycles. The summed E-state index contributed by atoms with van der Waals surface area (Å²) in [6, 6.07) is 0. The van der Waals surface area contributed by atoms with Crippen molar-refractivity contribution in [3.05, 3.63) is 0 Å². The monoisotopic (exact) mass is 1450 g/mol. The Hall–Kier alpha value is -1.94. The molecule has 0 bridgehead atoms. The lowest BCUT2D eigenvalue weighted by atomic mass is 10.00. The van der Waals surface area contributed by atoms with Crippen LogP contribution in [0, 0.1) is 23.7 Å². The van der Waals surface area contributed by atoms with Crippen molar-refractivity contribution in [3.8, 4) is 0 Å². The van der Waals surface area contributed by atoms with Crippen LogP contribution in [-0.4, -0.2) is 96.7 Å². The summed E-state index contributed by atoms with van der Waals surface area (Å²) < 4.78 is 68.6. The molecule has 0 aromatic heterocycles. The lowest BCUT2D eigenvalue weighted by molar-refractivity contribution is -0.161. The average Bonchev–Trinajstić information content (AvgIpc) is 0.981. The number of carbonyl (C=O) groups excluding carboxylic acids is 4. The zero-order valence-corrected chi connectivity index (χ0v) is 66.9. The van der Waals surface area contributed by atoms with Crippen molar-refractivity contribution in [2.75, 3.05) is 39.6 Å². The van der Waals surface area contributed by atoms with Gasteiger partial charge >= 0.3 is 39.5 Å². The molecule has 0 fully saturated rings. The van der Waals surface area contributed by atoms with Crippen molar-refractivity contribution < 1.29 is 80.2 Å². The highest BCUT2D eigenvalue weighted by Crippen LogP contribution is 2.45. The Kier molecular flexibility index (Phi) is 67.8. The van der Waals surface area contributed by atoms with Crippen LogP contribution >= 0.6 is 15.6 Å². The fourth-order valence-corrected chi connectivity index (χ4v) is 13.8. The van der Waals surface area contributed by atoms with Gasteiger partial charge in [0.05, 0.1) is 26.4 Å². The number of phosphoric ester groups is 2. The number of hydrogen-bond donors (Lipinski definition) is 3. The molecule has 0 aliphatic rings. The Labute approximate surface area is 607 Å². The van der Waals surface area contributed by atoms with Gasteiger partial charge in [-0.25, -0.2) is 9.13 Å². The summed E-state index contributed by atoms with van der Waals surface area (Å²) in [5, 5.41) is 10.6. The molecule has 3 N–H and O–H groups in total. The van der Waals surface area contributed by atoms with Gasteiger partial charge in [-0.2, -0.15) is 0 Å². The third-order valence-electron chi connectivity index (χ3n) is 18.9. The molecule has 6 atom stereocenters. The van der Waals surface area contributed by atoms with Gasteiger partial charge in [-0.3, -0.25) is 37.3 Å². The summed E-state index contributed by atoms with van der Waals surface area (Å²) >= 11 is 0. The number of esters is 4. The predicted molar refractivity (Wildman–Crippen MR) is 404 cm³/mol. The van der Waals surface area contributed by atoms with Crippen molar-refractivity contribution in [2.24, 2.45) is 23.7 Å². The smallest absolute Gasteiger partial charge is 0.462 e. The van der Waals surface area contributed by atoms with E-state index in [1.807, 2.05) is 0 Å². The fourth-order valence-electron chi connectivity index (χ4n) is 12.2. The van der Waals surface area contributed by atoms with Crippen LogP contribution in [0.4, 0.5) is 0 Å². The van der Waals surface area contributed by atoms with E-state index >= 15 is 0 Å². The number of hydrogen-bond acceptors (Lipinski definition) is 15. The van der Waals surface area contributed by atoms with Crippen LogP contribution in [0.5, 0.6) is 0 Å². The molecular formula is C80H156O17P2. The van der Waals surface area contributed by atoms with E-state index in [9.17, 15) is 43.2 Å². The van der Waals surface area contributed by atoms with Gasteiger partial charge in [-0.05, 0) is 49.4 Å². The third-order valence-corrected chi connectivity index (χ3v) is 20.8. The van der Waals surface area contributed by atoms with E-state index in [4.69, 9.17) is 37.0 Å². The van der Waals surface area contributed by atoms with Gasteiger partial charge < -0.3 is 33.8 Å². The molecular weight excluding hydrogens is 1290 g/mol. The summed E-state index contributed by atoms with van der Waals surface area (Å²) in [5.41, 5.74) is 0. The van der Waals surface area contributed by atoms with Gasteiger partial charge in [0.1, 0.15) is 19.3 Å². The first-order valence-corrected chi connectivity index (χ1v) is 44.2. The highest BCUT2D eigenvalue weighted by atomic mass is 31.2. The zero-order valence-electron chi connectivity index (χ0n) is 65.1. The van der Waals surface area contributed by atoms with E-state index in [2.05, 4.69) is 55.4 Å². The van der Waals surface area contributed by atoms with Gasteiger partial charge in [-0.15, -0.1) is 0 Å². The highest BCUT2D eigenvalue weighted by molar-refractivity contribution is 7.47. The minimum absolute atomic E-state index is 0.104. The Bertz CT molecular complexity index is 1940. The Morgan fingerprint density at radius 3 is 0.717 bits per heavy atom. The number of phosphoric acid groups is 2. The van der Waals surface area contributed by atoms with E-state index in [1.165, 1.54) is 205 Å². The largest absolute Gasteiger partial charge is 0.472 e. The zero-order chi connectivity index (χ0) is 73.1. The topological polar surface area (TPSA) is 237 Å². The van der Waals surface area contributed by atoms with Gasteiger partial charge in [-0.1, -0.05) is 357 Å². The second-order valence-electron chi connectivity index (χ2n) is 30.5. The quantitative estimate of drug-likeness (QED) is 0.0222. The van der Waals surface area contributed by atoms with E-state index in [1.54, 1.807) is 0 Å². The third kappa shape index (κ3) is 72.8. The minimum Gasteiger partial charge on any atom is -0.462 e. The molecule has 0 heterocycles. The summed E-state index contributed by atoms with van der Waals surface area (Å²) in [6.45, 7) is 14.2. The predicted octanol–water partition coefficient (Wildman–Crippen LogP) is 23.6. The molecule has 0 amide bonds. The van der Waals surface area contributed by atoms with Gasteiger partial charge in [0.25, 0.3) is 0 Å². The average molecular weight is 1450 g/mol. The van der Waals surface area contributed by atoms with E-state index in [0.29, 0.717) is 31.6 Å². The lowest BCUT2D eigenvalue weighted by Gasteiger charge is -2.21. The van der Waals surface area contributed by atoms with Crippen LogP contribution in [0.1, 0.15) is 409 Å². The summed E-state index contributed by atoms with van der Waals surface area (Å²) in [7, 11) is -9.92. The number of ether oxygens (including phenoxy) is 4. The molecule has 3 unspecified atom stereocenters. The van der Waals surface area contributed by atoms with Crippen LogP contribution in [0.2, 0.25) is 0 Å². The molecule has 0 rings (SSSR count). The summed E-state index contributed by atoms with van der Waals surface area (Å²) in [6.07, 6.45) is 55.8. The van der Waals surface area contributed by atoms with Crippen molar-refractivity contribution in [1.29, 1.82) is 0 Å². The molecule has 0 saturated heterocycles. The number of carbonyl (C=O) groups is 4. The molecule has 0 aliphatic heterocycles. The second-order valence-corrected chi connectivity index (χ2v) is 33.4. The summed E-state index contributed by atoms with van der Waals surface area (Å²) in [5.74, 6) is 0.932. The number of aliphatic hydroxyl groups excluding tert-OH is 1. The Morgan fingerprint density at radius 2 is 0.485 bits per heavy atom. The van der Waals surface area contributed by atoms with Gasteiger partial charge in [0.2, 0.25) is 0 Å². The van der Waals surface area contributed by atoms with E-state index in [0.717, 1.165) is 114 Å². The Morgan fingerprint density at radius 1 is 0.283 bits per heavy atom. The highest BCUT2D eigenvalue weighted by Gasteiger charge is 2.30. The van der Waals surface area contributed by atoms with Crippen molar-refractivity contribution in [1.82, 2.24) is 0 Å². The minimum atomic E-state index is -4.96. The molecule has 17 nitrogen and oxygen atoms in total. The maximum atomic E-state index is 13.1. The Balaban J connectivity index is 5.14. The fraction of sp³-hybridized carbons (Fsp3) is 0.950. The normalized spacial score (nSPS) is 14.3. The molecule has 0 radical (unpaired) electrons. The maximum absolute atomic E-state index is 13.1. The van der Waals surface area contributed by atoms with E-state index < -0.39 is 97.5 Å². The van der Waals surface area contributed by atoms with Crippen LogP contribution < -0.4 is 0 Å². The molecule has 99 heavy (non-hydrogen) atoms. The van der Waals surface area contributed by atoms with Crippen molar-refractivity contribution in [3.63, 3.8) is 0 Å². The first kappa shape index (κ1) is 97.1. The van der Waals surface area contributed by atoms with Gasteiger partial charge in [0.15, 0.2) is 12.2 Å². The SMILES string of the molecule is CCC(C)CCCCCCCCC(=O)OC[C@H](COP(=O)(O)OC[C@H](O)COP(=O)(O)OC[C@@H](COC(=O)CCCCCCCCCCCCCCCCCCCCC(C)C)OC(=O)CCCCCCCCCC(C)C)OC(=O)CCCCCCCCCCCCCCCCCC(C)C. The molecule has 0 aromatic rings. The first-order valence-electron chi connectivity index (χ1n) is 41.2. The molecule has 0 aromatic carbocycles. The van der Waals surface area contributed by atoms with Crippen LogP contribution in [0.25, 0.3) is 0 Å². The second kappa shape index (κ2) is 69.1. The molecule has 588 valence electrons. The number of aliphatic hydroxyl groups is 1. The first-order chi connectivity index (χ1) is 47.6. The van der Waals surface area contributed by atoms with E-state index in [-0.39, 0.29) is 25.7 Å². The van der Waals surface area contributed by atoms with Crippen LogP contribution in [-0.2, 0) is 65.4 Å². The molecule has 0 spiro atoms. The van der Waals surface area contributed by atoms with Crippen LogP contribution in [0.15, 0.2) is 0 Å². The molecule has 19 heteroatoms. The number of rotatable bonds is 77. The lowest BCUT2D eigenvalue weighted by Crippen LogP contribution is -2.30. The van der Waals surface area contributed by atoms with Crippen molar-refractivity contribution in [2.45, 2.75) is 427 Å². The maximum Gasteiger partial charge on any atom is 0.472 e. The molecule has 0 aliphatic carbocycles. The van der Waals surface area contributed by atoms with Crippen molar-refractivity contribution >= 4 is 39.5 Å².